The Morgan fingerprint density at radius 2 is 1.95 bits per heavy atom. The number of amides is 4. The summed E-state index contributed by atoms with van der Waals surface area (Å²) in [5, 5.41) is 15.3. The van der Waals surface area contributed by atoms with Gasteiger partial charge < -0.3 is 14.5 Å². The molecule has 5 heterocycles. The molecule has 13 heteroatoms. The Balaban J connectivity index is 1.09. The van der Waals surface area contributed by atoms with Gasteiger partial charge in [-0.1, -0.05) is 5.21 Å². The highest BCUT2D eigenvalue weighted by atomic mass is 16.6. The van der Waals surface area contributed by atoms with Crippen LogP contribution in [0, 0.1) is 5.92 Å². The van der Waals surface area contributed by atoms with Crippen molar-refractivity contribution in [3.8, 4) is 16.9 Å². The Labute approximate surface area is 230 Å². The van der Waals surface area contributed by atoms with Gasteiger partial charge in [-0.15, -0.1) is 5.10 Å². The van der Waals surface area contributed by atoms with Gasteiger partial charge in [0.15, 0.2) is 0 Å². The highest BCUT2D eigenvalue weighted by Crippen LogP contribution is 2.29. The third-order valence-electron chi connectivity index (χ3n) is 7.25. The molecule has 1 atom stereocenters. The van der Waals surface area contributed by atoms with Crippen LogP contribution < -0.4 is 5.32 Å². The number of nitrogens with one attached hydrogen (secondary N) is 1. The van der Waals surface area contributed by atoms with Crippen molar-refractivity contribution in [2.24, 2.45) is 5.92 Å². The molecule has 1 N–H and O–H groups in total. The molecular formula is C27H30N8O5. The fraction of sp³-hybridized carbons (Fsp3) is 0.444. The predicted molar refractivity (Wildman–Crippen MR) is 140 cm³/mol. The fourth-order valence-electron chi connectivity index (χ4n) is 5.25. The summed E-state index contributed by atoms with van der Waals surface area (Å²) in [6, 6.07) is 4.74. The number of hydrogen-bond acceptors (Lipinski definition) is 8. The van der Waals surface area contributed by atoms with E-state index in [0.717, 1.165) is 16.8 Å². The van der Waals surface area contributed by atoms with E-state index in [2.05, 4.69) is 20.7 Å². The number of rotatable bonds is 5. The van der Waals surface area contributed by atoms with Crippen LogP contribution in [-0.2, 0) is 27.4 Å². The summed E-state index contributed by atoms with van der Waals surface area (Å²) < 4.78 is 8.89. The summed E-state index contributed by atoms with van der Waals surface area (Å²) in [6.45, 7) is 7.78. The van der Waals surface area contributed by atoms with Gasteiger partial charge in [0.1, 0.15) is 17.3 Å². The second kappa shape index (κ2) is 9.57. The number of piperidine rings is 1. The maximum atomic E-state index is 13.0. The van der Waals surface area contributed by atoms with Gasteiger partial charge >= 0.3 is 6.09 Å². The minimum Gasteiger partial charge on any atom is -0.444 e. The molecule has 13 nitrogen and oxygen atoms in total. The lowest BCUT2D eigenvalue weighted by molar-refractivity contribution is -0.136. The van der Waals surface area contributed by atoms with Gasteiger partial charge in [0.05, 0.1) is 18.1 Å². The van der Waals surface area contributed by atoms with Crippen molar-refractivity contribution in [2.45, 2.75) is 58.3 Å². The Hall–Kier alpha value is -4.55. The first kappa shape index (κ1) is 25.7. The number of fused-ring (bicyclic) bond motifs is 1. The number of carbonyl (C=O) groups excluding carboxylic acids is 4. The second-order valence-electron chi connectivity index (χ2n) is 11.5. The highest BCUT2D eigenvalue weighted by Gasteiger charge is 2.39. The van der Waals surface area contributed by atoms with Crippen LogP contribution in [-0.4, -0.2) is 83.1 Å². The van der Waals surface area contributed by atoms with Crippen molar-refractivity contribution in [2.75, 3.05) is 13.1 Å². The average molecular weight is 547 g/mol. The number of hydrogen-bond donors (Lipinski definition) is 1. The molecule has 2 fully saturated rings. The van der Waals surface area contributed by atoms with Crippen molar-refractivity contribution in [1.29, 1.82) is 0 Å². The zero-order chi connectivity index (χ0) is 28.2. The molecule has 3 aliphatic heterocycles. The molecule has 0 aliphatic carbocycles. The van der Waals surface area contributed by atoms with Gasteiger partial charge in [-0.05, 0) is 51.0 Å². The summed E-state index contributed by atoms with van der Waals surface area (Å²) in [4.78, 5) is 52.1. The van der Waals surface area contributed by atoms with Crippen molar-refractivity contribution < 1.29 is 23.9 Å². The number of aromatic nitrogens is 5. The maximum absolute atomic E-state index is 13.0. The van der Waals surface area contributed by atoms with E-state index >= 15 is 0 Å². The highest BCUT2D eigenvalue weighted by molar-refractivity contribution is 6.05. The lowest BCUT2D eigenvalue weighted by atomic mass is 10.0. The lowest BCUT2D eigenvalue weighted by Gasteiger charge is -2.39. The summed E-state index contributed by atoms with van der Waals surface area (Å²) in [7, 11) is 0. The molecule has 2 saturated heterocycles. The summed E-state index contributed by atoms with van der Waals surface area (Å²) in [5.41, 5.74) is 3.02. The zero-order valence-corrected chi connectivity index (χ0v) is 22.5. The summed E-state index contributed by atoms with van der Waals surface area (Å²) >= 11 is 0. The smallest absolute Gasteiger partial charge is 0.410 e. The fourth-order valence-corrected chi connectivity index (χ4v) is 5.25. The molecule has 3 aromatic rings. The normalized spacial score (nSPS) is 19.5. The first-order chi connectivity index (χ1) is 19.0. The molecule has 40 heavy (non-hydrogen) atoms. The second-order valence-corrected chi connectivity index (χ2v) is 11.5. The molecular weight excluding hydrogens is 516 g/mol. The van der Waals surface area contributed by atoms with Gasteiger partial charge in [0, 0.05) is 55.8 Å². The number of carbonyl (C=O) groups is 4. The minimum absolute atomic E-state index is 0.214. The van der Waals surface area contributed by atoms with Crippen LogP contribution in [0.15, 0.2) is 36.8 Å². The number of benzene rings is 1. The van der Waals surface area contributed by atoms with Gasteiger partial charge in [0.25, 0.3) is 5.91 Å². The Morgan fingerprint density at radius 1 is 1.15 bits per heavy atom. The molecule has 6 rings (SSSR count). The molecule has 1 aromatic carbocycles. The van der Waals surface area contributed by atoms with Crippen LogP contribution in [0.3, 0.4) is 0 Å². The molecule has 2 aromatic heterocycles. The van der Waals surface area contributed by atoms with E-state index in [0.29, 0.717) is 43.2 Å². The SMILES string of the molecule is CC(C)(C)OC(=O)N1CC(Cn2cc(-c3cn(-c4ccc5c(c4)CN(C4CCC(=O)NC4=O)C5=O)nn3)cn2)C1. The van der Waals surface area contributed by atoms with E-state index in [9.17, 15) is 19.2 Å². The summed E-state index contributed by atoms with van der Waals surface area (Å²) in [6.07, 6.45) is 5.68. The van der Waals surface area contributed by atoms with E-state index in [-0.39, 0.29) is 30.9 Å². The van der Waals surface area contributed by atoms with Crippen molar-refractivity contribution in [1.82, 2.24) is 39.9 Å². The van der Waals surface area contributed by atoms with Gasteiger partial charge in [-0.3, -0.25) is 24.4 Å². The number of nitrogens with zero attached hydrogens (tertiary/aromatic N) is 7. The first-order valence-corrected chi connectivity index (χ1v) is 13.2. The molecule has 0 spiro atoms. The largest absolute Gasteiger partial charge is 0.444 e. The molecule has 0 bridgehead atoms. The molecule has 0 radical (unpaired) electrons. The molecule has 1 unspecified atom stereocenters. The number of imide groups is 1. The van der Waals surface area contributed by atoms with Crippen molar-refractivity contribution in [3.63, 3.8) is 0 Å². The van der Waals surface area contributed by atoms with Gasteiger partial charge in [-0.25, -0.2) is 9.48 Å². The van der Waals surface area contributed by atoms with Crippen LogP contribution in [0.2, 0.25) is 0 Å². The van der Waals surface area contributed by atoms with Gasteiger partial charge in [-0.2, -0.15) is 5.10 Å². The van der Waals surface area contributed by atoms with E-state index in [1.807, 2.05) is 37.7 Å². The van der Waals surface area contributed by atoms with Gasteiger partial charge in [0.2, 0.25) is 11.8 Å². The van der Waals surface area contributed by atoms with E-state index in [1.54, 1.807) is 34.1 Å². The first-order valence-electron chi connectivity index (χ1n) is 13.2. The number of ether oxygens (including phenoxy) is 1. The average Bonchev–Trinajstić information content (AvgIpc) is 3.59. The van der Waals surface area contributed by atoms with Crippen LogP contribution in [0.25, 0.3) is 16.9 Å². The zero-order valence-electron chi connectivity index (χ0n) is 22.5. The van der Waals surface area contributed by atoms with Crippen LogP contribution in [0.5, 0.6) is 0 Å². The standard InChI is InChI=1S/C27H30N8O5/c1-27(2,3)40-26(39)32-10-16(11-32)12-33-13-18(9-28-33)21-15-35(31-30-21)19-4-5-20-17(8-19)14-34(25(20)38)22-6-7-23(36)29-24(22)37/h4-5,8-9,13,15-16,22H,6-7,10-12,14H2,1-3H3,(H,29,36,37). The molecule has 208 valence electrons. The number of likely N-dealkylation sites (tertiary alicyclic amines) is 1. The summed E-state index contributed by atoms with van der Waals surface area (Å²) in [5.74, 6) is -0.668. The topological polar surface area (TPSA) is 145 Å². The third-order valence-corrected chi connectivity index (χ3v) is 7.25. The van der Waals surface area contributed by atoms with E-state index < -0.39 is 17.6 Å². The van der Waals surface area contributed by atoms with Crippen molar-refractivity contribution in [3.05, 3.63) is 47.9 Å². The third kappa shape index (κ3) is 4.94. The Kier molecular flexibility index (Phi) is 6.15. The van der Waals surface area contributed by atoms with Crippen molar-refractivity contribution >= 4 is 23.8 Å². The molecule has 0 saturated carbocycles. The molecule has 4 amide bonds. The lowest BCUT2D eigenvalue weighted by Crippen LogP contribution is -2.52. The van der Waals surface area contributed by atoms with Crippen LogP contribution in [0.4, 0.5) is 4.79 Å². The molecule has 3 aliphatic rings. The van der Waals surface area contributed by atoms with Crippen LogP contribution >= 0.6 is 0 Å². The monoisotopic (exact) mass is 546 g/mol. The Morgan fingerprint density at radius 3 is 2.70 bits per heavy atom. The van der Waals surface area contributed by atoms with E-state index in [1.165, 1.54) is 4.90 Å². The predicted octanol–water partition coefficient (Wildman–Crippen LogP) is 1.76. The van der Waals surface area contributed by atoms with Crippen LogP contribution in [0.1, 0.15) is 49.5 Å². The van der Waals surface area contributed by atoms with E-state index in [4.69, 9.17) is 4.74 Å². The quantitative estimate of drug-likeness (QED) is 0.477. The maximum Gasteiger partial charge on any atom is 0.410 e. The Bertz CT molecular complexity index is 1510. The minimum atomic E-state index is -0.657.